The van der Waals surface area contributed by atoms with Crippen LogP contribution in [0.2, 0.25) is 0 Å². The third-order valence-corrected chi connectivity index (χ3v) is 1.66. The van der Waals surface area contributed by atoms with Crippen molar-refractivity contribution in [3.8, 4) is 5.75 Å². The Balaban J connectivity index is 2.90. The lowest BCUT2D eigenvalue weighted by Crippen LogP contribution is -1.98. The van der Waals surface area contributed by atoms with Crippen LogP contribution in [0.1, 0.15) is 18.1 Å². The third-order valence-electron chi connectivity index (χ3n) is 1.66. The minimum absolute atomic E-state index is 0.571. The Morgan fingerprint density at radius 1 is 1.33 bits per heavy atom. The molecule has 0 aromatic heterocycles. The van der Waals surface area contributed by atoms with Crippen LogP contribution in [0.4, 0.5) is 0 Å². The first kappa shape index (κ1) is 9.07. The van der Waals surface area contributed by atoms with Crippen molar-refractivity contribution in [2.24, 2.45) is 5.73 Å². The number of aryl methyl sites for hydroxylation is 1. The van der Waals surface area contributed by atoms with Crippen molar-refractivity contribution in [3.63, 3.8) is 0 Å². The smallest absolute Gasteiger partial charge is 0.119 e. The molecule has 2 heteroatoms. The predicted octanol–water partition coefficient (Wildman–Crippen LogP) is 1.85. The van der Waals surface area contributed by atoms with Gasteiger partial charge in [0.25, 0.3) is 0 Å². The maximum absolute atomic E-state index is 5.53. The van der Waals surface area contributed by atoms with Gasteiger partial charge in [0.1, 0.15) is 5.75 Å². The highest BCUT2D eigenvalue weighted by atomic mass is 16.5. The summed E-state index contributed by atoms with van der Waals surface area (Å²) in [6, 6.07) is 6.07. The van der Waals surface area contributed by atoms with Gasteiger partial charge in [0.15, 0.2) is 0 Å². The van der Waals surface area contributed by atoms with Gasteiger partial charge in [-0.15, -0.1) is 0 Å². The van der Waals surface area contributed by atoms with Gasteiger partial charge in [-0.3, -0.25) is 0 Å². The van der Waals surface area contributed by atoms with Crippen LogP contribution in [0.25, 0.3) is 0 Å². The Labute approximate surface area is 73.3 Å². The normalized spacial score (nSPS) is 9.92. The fourth-order valence-electron chi connectivity index (χ4n) is 1.19. The average Bonchev–Trinajstić information content (AvgIpc) is 2.04. The Hall–Kier alpha value is -1.02. The van der Waals surface area contributed by atoms with Gasteiger partial charge >= 0.3 is 0 Å². The van der Waals surface area contributed by atoms with Crippen molar-refractivity contribution in [2.45, 2.75) is 20.4 Å². The minimum atomic E-state index is 0.571. The molecule has 0 heterocycles. The van der Waals surface area contributed by atoms with Crippen LogP contribution in [0, 0.1) is 6.92 Å². The Morgan fingerprint density at radius 2 is 2.08 bits per heavy atom. The first-order valence-electron chi connectivity index (χ1n) is 4.19. The molecule has 0 atom stereocenters. The van der Waals surface area contributed by atoms with E-state index < -0.39 is 0 Å². The minimum Gasteiger partial charge on any atom is -0.494 e. The first-order chi connectivity index (χ1) is 5.76. The van der Waals surface area contributed by atoms with Crippen LogP contribution in [-0.2, 0) is 6.54 Å². The summed E-state index contributed by atoms with van der Waals surface area (Å²) in [6.07, 6.45) is 0. The zero-order valence-electron chi connectivity index (χ0n) is 7.63. The molecule has 0 saturated heterocycles. The number of ether oxygens (including phenoxy) is 1. The van der Waals surface area contributed by atoms with Gasteiger partial charge in [0, 0.05) is 6.54 Å². The van der Waals surface area contributed by atoms with Crippen LogP contribution in [0.15, 0.2) is 18.2 Å². The Bertz CT molecular complexity index is 258. The second kappa shape index (κ2) is 4.12. The lowest BCUT2D eigenvalue weighted by atomic mass is 10.1. The summed E-state index contributed by atoms with van der Waals surface area (Å²) in [4.78, 5) is 0. The summed E-state index contributed by atoms with van der Waals surface area (Å²) in [5.41, 5.74) is 7.85. The molecule has 0 unspecified atom stereocenters. The van der Waals surface area contributed by atoms with Crippen LogP contribution in [0.3, 0.4) is 0 Å². The Kier molecular flexibility index (Phi) is 3.11. The highest BCUT2D eigenvalue weighted by Gasteiger charge is 1.96. The first-order valence-corrected chi connectivity index (χ1v) is 4.19. The van der Waals surface area contributed by atoms with E-state index in [0.29, 0.717) is 13.2 Å². The number of hydrogen-bond acceptors (Lipinski definition) is 2. The summed E-state index contributed by atoms with van der Waals surface area (Å²) in [5, 5.41) is 0. The number of benzene rings is 1. The molecular weight excluding hydrogens is 150 g/mol. The van der Waals surface area contributed by atoms with E-state index in [1.807, 2.05) is 26.0 Å². The highest BCUT2D eigenvalue weighted by molar-refractivity contribution is 5.33. The Morgan fingerprint density at radius 3 is 2.67 bits per heavy atom. The van der Waals surface area contributed by atoms with E-state index in [0.717, 1.165) is 11.3 Å². The van der Waals surface area contributed by atoms with Gasteiger partial charge in [-0.25, -0.2) is 0 Å². The molecule has 0 aliphatic heterocycles. The highest BCUT2D eigenvalue weighted by Crippen LogP contribution is 2.16. The molecule has 2 N–H and O–H groups in total. The second-order valence-corrected chi connectivity index (χ2v) is 2.79. The number of rotatable bonds is 3. The molecule has 0 amide bonds. The predicted molar refractivity (Wildman–Crippen MR) is 50.2 cm³/mol. The summed E-state index contributed by atoms with van der Waals surface area (Å²) in [7, 11) is 0. The monoisotopic (exact) mass is 165 g/mol. The average molecular weight is 165 g/mol. The molecule has 0 saturated carbocycles. The summed E-state index contributed by atoms with van der Waals surface area (Å²) < 4.78 is 5.37. The van der Waals surface area contributed by atoms with Gasteiger partial charge in [-0.1, -0.05) is 6.07 Å². The molecule has 0 spiro atoms. The molecule has 0 radical (unpaired) electrons. The van der Waals surface area contributed by atoms with Gasteiger partial charge < -0.3 is 10.5 Å². The fraction of sp³-hybridized carbons (Fsp3) is 0.400. The molecule has 2 nitrogen and oxygen atoms in total. The quantitative estimate of drug-likeness (QED) is 0.741. The zero-order chi connectivity index (χ0) is 8.97. The zero-order valence-corrected chi connectivity index (χ0v) is 7.63. The van der Waals surface area contributed by atoms with Crippen LogP contribution >= 0.6 is 0 Å². The van der Waals surface area contributed by atoms with Gasteiger partial charge in [0.2, 0.25) is 0 Å². The van der Waals surface area contributed by atoms with E-state index in [1.165, 1.54) is 5.56 Å². The molecule has 0 aliphatic rings. The number of nitrogens with two attached hydrogens (primary N) is 1. The van der Waals surface area contributed by atoms with E-state index in [9.17, 15) is 0 Å². The lowest BCUT2D eigenvalue weighted by Gasteiger charge is -2.06. The maximum Gasteiger partial charge on any atom is 0.119 e. The van der Waals surface area contributed by atoms with Gasteiger partial charge in [-0.05, 0) is 37.1 Å². The van der Waals surface area contributed by atoms with Crippen molar-refractivity contribution in [1.29, 1.82) is 0 Å². The molecule has 1 aromatic carbocycles. The van der Waals surface area contributed by atoms with E-state index in [1.54, 1.807) is 0 Å². The van der Waals surface area contributed by atoms with Crippen molar-refractivity contribution < 1.29 is 4.74 Å². The van der Waals surface area contributed by atoms with E-state index in [-0.39, 0.29) is 0 Å². The van der Waals surface area contributed by atoms with E-state index >= 15 is 0 Å². The lowest BCUT2D eigenvalue weighted by molar-refractivity contribution is 0.339. The summed E-state index contributed by atoms with van der Waals surface area (Å²) in [6.45, 7) is 5.29. The molecular formula is C10H15NO. The topological polar surface area (TPSA) is 35.2 Å². The maximum atomic E-state index is 5.53. The van der Waals surface area contributed by atoms with Crippen molar-refractivity contribution in [1.82, 2.24) is 0 Å². The molecule has 0 fully saturated rings. The largest absolute Gasteiger partial charge is 0.494 e. The van der Waals surface area contributed by atoms with Crippen LogP contribution < -0.4 is 10.5 Å². The van der Waals surface area contributed by atoms with Gasteiger partial charge in [-0.2, -0.15) is 0 Å². The summed E-state index contributed by atoms with van der Waals surface area (Å²) >= 11 is 0. The van der Waals surface area contributed by atoms with E-state index in [2.05, 4.69) is 6.07 Å². The molecule has 0 bridgehead atoms. The fourth-order valence-corrected chi connectivity index (χ4v) is 1.19. The van der Waals surface area contributed by atoms with Crippen molar-refractivity contribution >= 4 is 0 Å². The SMILES string of the molecule is CCOc1cc(C)cc(CN)c1. The van der Waals surface area contributed by atoms with Crippen molar-refractivity contribution in [2.75, 3.05) is 6.61 Å². The molecule has 1 rings (SSSR count). The number of hydrogen-bond donors (Lipinski definition) is 1. The molecule has 12 heavy (non-hydrogen) atoms. The molecule has 0 aliphatic carbocycles. The van der Waals surface area contributed by atoms with Crippen LogP contribution in [0.5, 0.6) is 5.75 Å². The van der Waals surface area contributed by atoms with Crippen LogP contribution in [-0.4, -0.2) is 6.61 Å². The second-order valence-electron chi connectivity index (χ2n) is 2.79. The standard InChI is InChI=1S/C10H15NO/c1-3-12-10-5-8(2)4-9(6-10)7-11/h4-6H,3,7,11H2,1-2H3. The van der Waals surface area contributed by atoms with E-state index in [4.69, 9.17) is 10.5 Å². The van der Waals surface area contributed by atoms with Crippen molar-refractivity contribution in [3.05, 3.63) is 29.3 Å². The molecule has 1 aromatic rings. The molecule has 66 valence electrons. The third kappa shape index (κ3) is 2.24. The van der Waals surface area contributed by atoms with Gasteiger partial charge in [0.05, 0.1) is 6.61 Å². The summed E-state index contributed by atoms with van der Waals surface area (Å²) in [5.74, 6) is 0.915.